The van der Waals surface area contributed by atoms with Crippen LogP contribution in [-0.4, -0.2) is 30.8 Å². The van der Waals surface area contributed by atoms with Crippen LogP contribution in [0.15, 0.2) is 37.9 Å². The molecule has 0 saturated heterocycles. The second kappa shape index (κ2) is 6.43. The summed E-state index contributed by atoms with van der Waals surface area (Å²) < 4.78 is 2.09. The van der Waals surface area contributed by atoms with E-state index in [9.17, 15) is 19.2 Å². The largest absolute Gasteiger partial charge is 0.332 e. The number of anilines is 1. The number of aromatic nitrogens is 4. The summed E-state index contributed by atoms with van der Waals surface area (Å²) in [6.45, 7) is 0. The van der Waals surface area contributed by atoms with Crippen LogP contribution in [0.2, 0.25) is 0 Å². The van der Waals surface area contributed by atoms with E-state index in [0.717, 1.165) is 27.0 Å². The van der Waals surface area contributed by atoms with Gasteiger partial charge in [0.05, 0.1) is 5.75 Å². The van der Waals surface area contributed by atoms with Gasteiger partial charge in [0.15, 0.2) is 5.16 Å². The van der Waals surface area contributed by atoms with Crippen LogP contribution in [0.4, 0.5) is 5.82 Å². The molecular weight excluding hydrogens is 310 g/mol. The lowest BCUT2D eigenvalue weighted by molar-refractivity contribution is -0.113. The van der Waals surface area contributed by atoms with Crippen LogP contribution in [0.5, 0.6) is 0 Å². The number of carbonyl (C=O) groups is 1. The fourth-order valence-corrected chi connectivity index (χ4v) is 2.24. The molecule has 0 fully saturated rings. The van der Waals surface area contributed by atoms with E-state index in [-0.39, 0.29) is 17.1 Å². The number of nitrogens with zero attached hydrogens (tertiary/aromatic N) is 3. The molecule has 0 aliphatic carbocycles. The van der Waals surface area contributed by atoms with E-state index in [0.29, 0.717) is 5.16 Å². The second-order valence-electron chi connectivity index (χ2n) is 4.34. The van der Waals surface area contributed by atoms with E-state index >= 15 is 0 Å². The monoisotopic (exact) mass is 323 g/mol. The lowest BCUT2D eigenvalue weighted by Gasteiger charge is -2.10. The maximum atomic E-state index is 11.9. The maximum absolute atomic E-state index is 11.9. The van der Waals surface area contributed by atoms with E-state index in [1.54, 1.807) is 0 Å². The van der Waals surface area contributed by atoms with Crippen LogP contribution < -0.4 is 22.1 Å². The number of hydrogen-bond donors (Lipinski definition) is 2. The predicted molar refractivity (Wildman–Crippen MR) is 81.1 cm³/mol. The Morgan fingerprint density at radius 1 is 1.32 bits per heavy atom. The van der Waals surface area contributed by atoms with Gasteiger partial charge in [-0.2, -0.15) is 0 Å². The number of nitrogens with one attached hydrogen (secondary N) is 2. The summed E-state index contributed by atoms with van der Waals surface area (Å²) in [5.41, 5.74) is -1.36. The Labute approximate surface area is 128 Å². The number of aromatic amines is 1. The molecule has 0 aliphatic heterocycles. The Bertz CT molecular complexity index is 882. The zero-order chi connectivity index (χ0) is 16.3. The fourth-order valence-electron chi connectivity index (χ4n) is 1.59. The third-order valence-corrected chi connectivity index (χ3v) is 3.67. The number of rotatable bonds is 4. The Morgan fingerprint density at radius 3 is 2.73 bits per heavy atom. The summed E-state index contributed by atoms with van der Waals surface area (Å²) in [6, 6.07) is 2.42. The summed E-state index contributed by atoms with van der Waals surface area (Å²) in [7, 11) is 2.80. The molecule has 2 rings (SSSR count). The van der Waals surface area contributed by atoms with Gasteiger partial charge in [0.1, 0.15) is 5.82 Å². The number of amides is 1. The number of carbonyl (C=O) groups excluding carboxylic acids is 1. The van der Waals surface area contributed by atoms with E-state index in [1.807, 2.05) is 0 Å². The smallest absolute Gasteiger partial charge is 0.311 e. The van der Waals surface area contributed by atoms with Gasteiger partial charge in [-0.25, -0.2) is 9.78 Å². The molecule has 0 saturated carbocycles. The zero-order valence-electron chi connectivity index (χ0n) is 11.8. The average Bonchev–Trinajstić information content (AvgIpc) is 2.48. The summed E-state index contributed by atoms with van der Waals surface area (Å²) >= 11 is 1.03. The quantitative estimate of drug-likeness (QED) is 0.544. The van der Waals surface area contributed by atoms with Crippen LogP contribution in [0, 0.1) is 0 Å². The predicted octanol–water partition coefficient (Wildman–Crippen LogP) is -1.10. The molecule has 1 amide bonds. The van der Waals surface area contributed by atoms with Crippen molar-refractivity contribution in [1.82, 2.24) is 19.1 Å². The number of hydrogen-bond acceptors (Lipinski definition) is 6. The average molecular weight is 323 g/mol. The van der Waals surface area contributed by atoms with Crippen molar-refractivity contribution in [3.8, 4) is 0 Å². The summed E-state index contributed by atoms with van der Waals surface area (Å²) in [4.78, 5) is 52.6. The van der Waals surface area contributed by atoms with Gasteiger partial charge in [0, 0.05) is 32.4 Å². The third kappa shape index (κ3) is 3.52. The van der Waals surface area contributed by atoms with Gasteiger partial charge in [0.2, 0.25) is 5.91 Å². The molecule has 2 N–H and O–H groups in total. The minimum absolute atomic E-state index is 0.0314. The van der Waals surface area contributed by atoms with Gasteiger partial charge in [-0.3, -0.25) is 23.5 Å². The molecule has 0 bridgehead atoms. The number of H-pyrrole nitrogens is 1. The van der Waals surface area contributed by atoms with Crippen LogP contribution in [0.1, 0.15) is 0 Å². The first-order chi connectivity index (χ1) is 10.4. The maximum Gasteiger partial charge on any atom is 0.332 e. The summed E-state index contributed by atoms with van der Waals surface area (Å²) in [6.07, 6.45) is 1.34. The molecule has 2 aromatic heterocycles. The summed E-state index contributed by atoms with van der Waals surface area (Å²) in [5.74, 6) is -0.357. The fraction of sp³-hybridized carbons (Fsp3) is 0.250. The second-order valence-corrected chi connectivity index (χ2v) is 5.31. The molecule has 0 spiro atoms. The van der Waals surface area contributed by atoms with Gasteiger partial charge in [0.25, 0.3) is 11.1 Å². The molecule has 0 atom stereocenters. The van der Waals surface area contributed by atoms with Crippen LogP contribution in [0.25, 0.3) is 0 Å². The first-order valence-corrected chi connectivity index (χ1v) is 7.12. The lowest BCUT2D eigenvalue weighted by atomic mass is 10.5. The molecule has 22 heavy (non-hydrogen) atoms. The van der Waals surface area contributed by atoms with Crippen molar-refractivity contribution < 1.29 is 4.79 Å². The Morgan fingerprint density at radius 2 is 2.05 bits per heavy atom. The molecule has 2 heterocycles. The highest BCUT2D eigenvalue weighted by atomic mass is 32.2. The van der Waals surface area contributed by atoms with Crippen molar-refractivity contribution in [2.75, 3.05) is 11.1 Å². The first kappa shape index (κ1) is 15.8. The molecule has 2 aromatic rings. The third-order valence-electron chi connectivity index (χ3n) is 2.78. The Kier molecular flexibility index (Phi) is 4.61. The standard InChI is InChI=1S/C12H13N5O4S/c1-16-7(5-10(20)17(2)12(16)21)14-9(19)6-22-11-13-4-3-8(18)15-11/h3-5H,6H2,1-2H3,(H,14,19)(H,13,15,18). The van der Waals surface area contributed by atoms with Crippen molar-refractivity contribution in [3.63, 3.8) is 0 Å². The molecular formula is C12H13N5O4S. The molecule has 0 aromatic carbocycles. The Balaban J connectivity index is 2.08. The van der Waals surface area contributed by atoms with Crippen molar-refractivity contribution in [2.24, 2.45) is 14.1 Å². The zero-order valence-corrected chi connectivity index (χ0v) is 12.6. The van der Waals surface area contributed by atoms with Gasteiger partial charge in [-0.05, 0) is 0 Å². The molecule has 10 heteroatoms. The Hall–Kier alpha value is -2.62. The van der Waals surface area contributed by atoms with Crippen molar-refractivity contribution >= 4 is 23.5 Å². The normalized spacial score (nSPS) is 10.5. The van der Waals surface area contributed by atoms with Crippen LogP contribution in [0.3, 0.4) is 0 Å². The number of thioether (sulfide) groups is 1. The van der Waals surface area contributed by atoms with Gasteiger partial charge >= 0.3 is 5.69 Å². The van der Waals surface area contributed by atoms with E-state index in [1.165, 1.54) is 26.4 Å². The van der Waals surface area contributed by atoms with Crippen molar-refractivity contribution in [3.05, 3.63) is 49.5 Å². The van der Waals surface area contributed by atoms with E-state index < -0.39 is 17.2 Å². The van der Waals surface area contributed by atoms with Gasteiger partial charge in [-0.1, -0.05) is 11.8 Å². The van der Waals surface area contributed by atoms with Crippen molar-refractivity contribution in [2.45, 2.75) is 5.16 Å². The molecule has 116 valence electrons. The lowest BCUT2D eigenvalue weighted by Crippen LogP contribution is -2.38. The van der Waals surface area contributed by atoms with E-state index in [4.69, 9.17) is 0 Å². The first-order valence-electron chi connectivity index (χ1n) is 6.13. The SMILES string of the molecule is Cn1c(NC(=O)CSc2nccc(=O)[nH]2)cc(=O)n(C)c1=O. The molecule has 9 nitrogen and oxygen atoms in total. The highest BCUT2D eigenvalue weighted by Crippen LogP contribution is 2.10. The van der Waals surface area contributed by atoms with Gasteiger partial charge in [-0.15, -0.1) is 0 Å². The highest BCUT2D eigenvalue weighted by molar-refractivity contribution is 7.99. The van der Waals surface area contributed by atoms with Crippen LogP contribution >= 0.6 is 11.8 Å². The molecule has 0 radical (unpaired) electrons. The van der Waals surface area contributed by atoms with E-state index in [2.05, 4.69) is 15.3 Å². The van der Waals surface area contributed by atoms with Crippen LogP contribution in [-0.2, 0) is 18.9 Å². The minimum Gasteiger partial charge on any atom is -0.311 e. The minimum atomic E-state index is -0.537. The molecule has 0 unspecified atom stereocenters. The highest BCUT2D eigenvalue weighted by Gasteiger charge is 2.10. The van der Waals surface area contributed by atoms with Crippen molar-refractivity contribution in [1.29, 1.82) is 0 Å². The summed E-state index contributed by atoms with van der Waals surface area (Å²) in [5, 5.41) is 2.78. The topological polar surface area (TPSA) is 119 Å². The molecule has 0 aliphatic rings. The van der Waals surface area contributed by atoms with Gasteiger partial charge < -0.3 is 10.3 Å².